The summed E-state index contributed by atoms with van der Waals surface area (Å²) in [6.45, 7) is 3.55. The fourth-order valence-electron chi connectivity index (χ4n) is 1.85. The summed E-state index contributed by atoms with van der Waals surface area (Å²) in [6.07, 6.45) is 10.7. The van der Waals surface area contributed by atoms with E-state index in [-0.39, 0.29) is 5.97 Å². The molecule has 0 saturated heterocycles. The summed E-state index contributed by atoms with van der Waals surface area (Å²) >= 11 is 0. The van der Waals surface area contributed by atoms with Crippen molar-refractivity contribution in [2.75, 3.05) is 0 Å². The Hall–Kier alpha value is -0.860. The lowest BCUT2D eigenvalue weighted by molar-refractivity contribution is -0.149. The standard InChI is InChI=1S/C14H26O3/c1-3-4-5-6-7-8-9-10-11-14(12-15)17-13(2)16/h12,14H,3-11H2,1-2H3. The summed E-state index contributed by atoms with van der Waals surface area (Å²) in [5.74, 6) is -0.373. The van der Waals surface area contributed by atoms with E-state index in [2.05, 4.69) is 6.92 Å². The summed E-state index contributed by atoms with van der Waals surface area (Å²) in [7, 11) is 0. The van der Waals surface area contributed by atoms with E-state index in [1.807, 2.05) is 0 Å². The molecule has 0 aromatic heterocycles. The zero-order chi connectivity index (χ0) is 12.9. The van der Waals surface area contributed by atoms with Gasteiger partial charge in [0.15, 0.2) is 12.4 Å². The summed E-state index contributed by atoms with van der Waals surface area (Å²) in [5, 5.41) is 0. The molecule has 3 nitrogen and oxygen atoms in total. The molecule has 0 saturated carbocycles. The van der Waals surface area contributed by atoms with E-state index >= 15 is 0 Å². The van der Waals surface area contributed by atoms with Crippen molar-refractivity contribution in [1.82, 2.24) is 0 Å². The molecule has 0 radical (unpaired) electrons. The van der Waals surface area contributed by atoms with Crippen molar-refractivity contribution in [3.8, 4) is 0 Å². The number of hydrogen-bond acceptors (Lipinski definition) is 3. The van der Waals surface area contributed by atoms with Gasteiger partial charge in [-0.2, -0.15) is 0 Å². The minimum Gasteiger partial charge on any atom is -0.455 e. The molecule has 0 aromatic rings. The maximum Gasteiger partial charge on any atom is 0.303 e. The van der Waals surface area contributed by atoms with Gasteiger partial charge < -0.3 is 4.74 Å². The van der Waals surface area contributed by atoms with Gasteiger partial charge in [-0.3, -0.25) is 9.59 Å². The first kappa shape index (κ1) is 16.1. The van der Waals surface area contributed by atoms with Gasteiger partial charge in [0.1, 0.15) is 0 Å². The smallest absolute Gasteiger partial charge is 0.303 e. The quantitative estimate of drug-likeness (QED) is 0.315. The number of unbranched alkanes of at least 4 members (excludes halogenated alkanes) is 7. The Morgan fingerprint density at radius 1 is 1.06 bits per heavy atom. The highest BCUT2D eigenvalue weighted by Crippen LogP contribution is 2.11. The van der Waals surface area contributed by atoms with E-state index in [1.54, 1.807) is 0 Å². The van der Waals surface area contributed by atoms with E-state index in [0.717, 1.165) is 19.1 Å². The number of ether oxygens (including phenoxy) is 1. The fraction of sp³-hybridized carbons (Fsp3) is 0.857. The molecule has 0 aromatic carbocycles. The summed E-state index contributed by atoms with van der Waals surface area (Å²) in [6, 6.07) is 0. The van der Waals surface area contributed by atoms with Crippen molar-refractivity contribution in [3.05, 3.63) is 0 Å². The lowest BCUT2D eigenvalue weighted by Crippen LogP contribution is -2.17. The van der Waals surface area contributed by atoms with Crippen LogP contribution in [0.3, 0.4) is 0 Å². The van der Waals surface area contributed by atoms with Crippen LogP contribution in [-0.4, -0.2) is 18.4 Å². The number of esters is 1. The predicted molar refractivity (Wildman–Crippen MR) is 68.8 cm³/mol. The minimum absolute atomic E-state index is 0.373. The van der Waals surface area contributed by atoms with E-state index in [1.165, 1.54) is 45.4 Å². The van der Waals surface area contributed by atoms with E-state index < -0.39 is 6.10 Å². The van der Waals surface area contributed by atoms with Gasteiger partial charge in [-0.25, -0.2) is 0 Å². The van der Waals surface area contributed by atoms with E-state index in [9.17, 15) is 9.59 Å². The Balaban J connectivity index is 3.31. The molecule has 3 heteroatoms. The summed E-state index contributed by atoms with van der Waals surface area (Å²) in [5.41, 5.74) is 0. The van der Waals surface area contributed by atoms with Crippen molar-refractivity contribution < 1.29 is 14.3 Å². The molecule has 1 atom stereocenters. The number of carbonyl (C=O) groups excluding carboxylic acids is 2. The molecule has 0 aliphatic rings. The lowest BCUT2D eigenvalue weighted by Gasteiger charge is -2.09. The molecule has 0 heterocycles. The largest absolute Gasteiger partial charge is 0.455 e. The molecular formula is C14H26O3. The maximum atomic E-state index is 10.7. The van der Waals surface area contributed by atoms with Crippen LogP contribution in [0.2, 0.25) is 0 Å². The Morgan fingerprint density at radius 3 is 2.06 bits per heavy atom. The van der Waals surface area contributed by atoms with Crippen molar-refractivity contribution in [3.63, 3.8) is 0 Å². The zero-order valence-electron chi connectivity index (χ0n) is 11.2. The Kier molecular flexibility index (Phi) is 11.0. The predicted octanol–water partition coefficient (Wildman–Crippen LogP) is 3.65. The lowest BCUT2D eigenvalue weighted by atomic mass is 10.1. The van der Waals surface area contributed by atoms with Crippen molar-refractivity contribution in [1.29, 1.82) is 0 Å². The van der Waals surface area contributed by atoms with Gasteiger partial charge in [-0.05, 0) is 12.8 Å². The van der Waals surface area contributed by atoms with Crippen LogP contribution in [0.1, 0.15) is 71.6 Å². The molecule has 0 aliphatic carbocycles. The first-order chi connectivity index (χ1) is 8.20. The highest BCUT2D eigenvalue weighted by atomic mass is 16.5. The minimum atomic E-state index is -0.535. The molecule has 0 aliphatic heterocycles. The second kappa shape index (κ2) is 11.6. The average molecular weight is 242 g/mol. The van der Waals surface area contributed by atoms with Gasteiger partial charge in [0.25, 0.3) is 0 Å². The maximum absolute atomic E-state index is 10.7. The first-order valence-electron chi connectivity index (χ1n) is 6.83. The average Bonchev–Trinajstić information content (AvgIpc) is 2.30. The van der Waals surface area contributed by atoms with Gasteiger partial charge in [-0.15, -0.1) is 0 Å². The summed E-state index contributed by atoms with van der Waals surface area (Å²) < 4.78 is 4.85. The van der Waals surface area contributed by atoms with Crippen LogP contribution in [0.25, 0.3) is 0 Å². The van der Waals surface area contributed by atoms with Crippen LogP contribution >= 0.6 is 0 Å². The van der Waals surface area contributed by atoms with Crippen LogP contribution in [0.15, 0.2) is 0 Å². The zero-order valence-corrected chi connectivity index (χ0v) is 11.2. The second-order valence-electron chi connectivity index (χ2n) is 4.55. The molecule has 100 valence electrons. The third-order valence-corrected chi connectivity index (χ3v) is 2.81. The van der Waals surface area contributed by atoms with Crippen LogP contribution < -0.4 is 0 Å². The van der Waals surface area contributed by atoms with Crippen molar-refractivity contribution >= 4 is 12.3 Å². The third kappa shape index (κ3) is 11.4. The normalized spacial score (nSPS) is 12.1. The van der Waals surface area contributed by atoms with Gasteiger partial charge >= 0.3 is 5.97 Å². The highest BCUT2D eigenvalue weighted by Gasteiger charge is 2.09. The monoisotopic (exact) mass is 242 g/mol. The molecule has 1 unspecified atom stereocenters. The Morgan fingerprint density at radius 2 is 1.59 bits per heavy atom. The van der Waals surface area contributed by atoms with Crippen molar-refractivity contribution in [2.45, 2.75) is 77.7 Å². The molecule has 0 amide bonds. The molecule has 0 fully saturated rings. The summed E-state index contributed by atoms with van der Waals surface area (Å²) in [4.78, 5) is 21.3. The van der Waals surface area contributed by atoms with Gasteiger partial charge in [0, 0.05) is 6.92 Å². The fourth-order valence-corrected chi connectivity index (χ4v) is 1.85. The van der Waals surface area contributed by atoms with Crippen LogP contribution in [0.4, 0.5) is 0 Å². The van der Waals surface area contributed by atoms with E-state index in [0.29, 0.717) is 6.42 Å². The number of aldehydes is 1. The van der Waals surface area contributed by atoms with Gasteiger partial charge in [-0.1, -0.05) is 51.9 Å². The molecule has 0 bridgehead atoms. The number of rotatable bonds is 11. The van der Waals surface area contributed by atoms with Crippen molar-refractivity contribution in [2.24, 2.45) is 0 Å². The first-order valence-corrected chi connectivity index (χ1v) is 6.83. The van der Waals surface area contributed by atoms with Gasteiger partial charge in [0.05, 0.1) is 0 Å². The Bertz CT molecular complexity index is 202. The molecular weight excluding hydrogens is 216 g/mol. The van der Waals surface area contributed by atoms with E-state index in [4.69, 9.17) is 4.74 Å². The SMILES string of the molecule is CCCCCCCCCCC(C=O)OC(C)=O. The van der Waals surface area contributed by atoms with Crippen LogP contribution in [0.5, 0.6) is 0 Å². The van der Waals surface area contributed by atoms with Crippen LogP contribution in [0, 0.1) is 0 Å². The third-order valence-electron chi connectivity index (χ3n) is 2.81. The molecule has 0 N–H and O–H groups in total. The molecule has 17 heavy (non-hydrogen) atoms. The topological polar surface area (TPSA) is 43.4 Å². The molecule has 0 spiro atoms. The highest BCUT2D eigenvalue weighted by molar-refractivity contribution is 5.69. The number of carbonyl (C=O) groups is 2. The van der Waals surface area contributed by atoms with Crippen LogP contribution in [-0.2, 0) is 14.3 Å². The molecule has 0 rings (SSSR count). The number of hydrogen-bond donors (Lipinski definition) is 0. The second-order valence-corrected chi connectivity index (χ2v) is 4.55. The Labute approximate surface area is 105 Å². The van der Waals surface area contributed by atoms with Gasteiger partial charge in [0.2, 0.25) is 0 Å².